The van der Waals surface area contributed by atoms with Gasteiger partial charge in [0.25, 0.3) is 5.91 Å². The molecule has 0 spiro atoms. The molecular weight excluding hydrogens is 246 g/mol. The molecule has 0 aromatic heterocycles. The van der Waals surface area contributed by atoms with E-state index in [1.54, 1.807) is 26.0 Å². The lowest BCUT2D eigenvalue weighted by atomic mass is 10.1. The Morgan fingerprint density at radius 1 is 1.37 bits per heavy atom. The minimum Gasteiger partial charge on any atom is -0.507 e. The molecule has 2 rings (SSSR count). The molecule has 19 heavy (non-hydrogen) atoms. The van der Waals surface area contributed by atoms with E-state index >= 15 is 0 Å². The molecule has 0 saturated carbocycles. The van der Waals surface area contributed by atoms with Gasteiger partial charge in [-0.15, -0.1) is 0 Å². The lowest BCUT2D eigenvalue weighted by molar-refractivity contribution is -0.121. The molecule has 0 atom stereocenters. The van der Waals surface area contributed by atoms with Crippen molar-refractivity contribution in [2.75, 3.05) is 5.32 Å². The largest absolute Gasteiger partial charge is 0.507 e. The summed E-state index contributed by atoms with van der Waals surface area (Å²) in [5, 5.41) is 16.2. The van der Waals surface area contributed by atoms with E-state index in [9.17, 15) is 14.7 Å². The maximum Gasteiger partial charge on any atom is 0.271 e. The van der Waals surface area contributed by atoms with E-state index in [1.165, 1.54) is 0 Å². The molecule has 1 aromatic carbocycles. The molecule has 3 N–H and O–H groups in total. The first kappa shape index (κ1) is 13.1. The Balaban J connectivity index is 2.16. The number of aryl methyl sites for hydroxylation is 1. The smallest absolute Gasteiger partial charge is 0.271 e. The van der Waals surface area contributed by atoms with E-state index in [0.29, 0.717) is 17.7 Å². The fraction of sp³-hybridized carbons (Fsp3) is 0.308. The van der Waals surface area contributed by atoms with Crippen molar-refractivity contribution < 1.29 is 14.7 Å². The molecule has 2 amide bonds. The Morgan fingerprint density at radius 2 is 2.11 bits per heavy atom. The molecule has 0 saturated heterocycles. The second-order valence-corrected chi connectivity index (χ2v) is 4.45. The van der Waals surface area contributed by atoms with E-state index in [-0.39, 0.29) is 29.7 Å². The standard InChI is InChI=1S/C13H15N3O3/c1-7-3-4-9(8(2)12(7)18)14-13(19)10-5-6-11(17)16-15-10/h3-4,18H,5-6H2,1-2H3,(H,14,19)(H,16,17). The Hall–Kier alpha value is -2.37. The molecule has 0 aliphatic carbocycles. The normalized spacial score (nSPS) is 14.6. The van der Waals surface area contributed by atoms with Gasteiger partial charge in [-0.2, -0.15) is 5.10 Å². The molecule has 1 aliphatic rings. The van der Waals surface area contributed by atoms with Crippen LogP contribution >= 0.6 is 0 Å². The van der Waals surface area contributed by atoms with Crippen molar-refractivity contribution in [2.45, 2.75) is 26.7 Å². The maximum atomic E-state index is 11.9. The number of phenols is 1. The Bertz CT molecular complexity index is 579. The first-order valence-electron chi connectivity index (χ1n) is 5.95. The van der Waals surface area contributed by atoms with Gasteiger partial charge >= 0.3 is 0 Å². The average Bonchev–Trinajstić information content (AvgIpc) is 2.40. The average molecular weight is 261 g/mol. The summed E-state index contributed by atoms with van der Waals surface area (Å²) in [6.45, 7) is 3.51. The van der Waals surface area contributed by atoms with E-state index < -0.39 is 0 Å². The molecule has 0 fully saturated rings. The third-order valence-electron chi connectivity index (χ3n) is 3.05. The number of anilines is 1. The van der Waals surface area contributed by atoms with Crippen LogP contribution in [-0.2, 0) is 9.59 Å². The van der Waals surface area contributed by atoms with Gasteiger partial charge in [-0.1, -0.05) is 6.07 Å². The Morgan fingerprint density at radius 3 is 2.74 bits per heavy atom. The highest BCUT2D eigenvalue weighted by molar-refractivity contribution is 6.43. The number of phenolic OH excluding ortho intramolecular Hbond substituents is 1. The lowest BCUT2D eigenvalue weighted by Crippen LogP contribution is -2.32. The van der Waals surface area contributed by atoms with Crippen LogP contribution in [0.1, 0.15) is 24.0 Å². The number of benzene rings is 1. The molecule has 1 aliphatic heterocycles. The number of aromatic hydroxyl groups is 1. The van der Waals surface area contributed by atoms with Crippen molar-refractivity contribution in [1.29, 1.82) is 0 Å². The summed E-state index contributed by atoms with van der Waals surface area (Å²) in [5.74, 6) is -0.399. The van der Waals surface area contributed by atoms with Crippen LogP contribution in [0.25, 0.3) is 0 Å². The minimum absolute atomic E-state index is 0.164. The van der Waals surface area contributed by atoms with Crippen LogP contribution in [0.3, 0.4) is 0 Å². The predicted octanol–water partition coefficient (Wildman–Crippen LogP) is 1.21. The van der Waals surface area contributed by atoms with Crippen LogP contribution in [0.5, 0.6) is 5.75 Å². The van der Waals surface area contributed by atoms with Crippen LogP contribution in [0.2, 0.25) is 0 Å². The van der Waals surface area contributed by atoms with E-state index in [0.717, 1.165) is 5.56 Å². The fourth-order valence-corrected chi connectivity index (χ4v) is 1.80. The Kier molecular flexibility index (Phi) is 3.50. The van der Waals surface area contributed by atoms with Gasteiger partial charge in [-0.3, -0.25) is 9.59 Å². The van der Waals surface area contributed by atoms with Gasteiger partial charge in [0.2, 0.25) is 5.91 Å². The van der Waals surface area contributed by atoms with Crippen molar-refractivity contribution in [3.05, 3.63) is 23.3 Å². The molecule has 6 nitrogen and oxygen atoms in total. The van der Waals surface area contributed by atoms with E-state index in [4.69, 9.17) is 0 Å². The summed E-state index contributed by atoms with van der Waals surface area (Å²) in [5.41, 5.74) is 4.44. The van der Waals surface area contributed by atoms with E-state index in [2.05, 4.69) is 15.8 Å². The van der Waals surface area contributed by atoms with Crippen LogP contribution in [0.4, 0.5) is 5.69 Å². The third-order valence-corrected chi connectivity index (χ3v) is 3.05. The summed E-state index contributed by atoms with van der Waals surface area (Å²) in [4.78, 5) is 22.9. The van der Waals surface area contributed by atoms with Crippen molar-refractivity contribution in [3.63, 3.8) is 0 Å². The molecule has 6 heteroatoms. The van der Waals surface area contributed by atoms with Gasteiger partial charge in [0, 0.05) is 24.1 Å². The zero-order valence-corrected chi connectivity index (χ0v) is 10.8. The van der Waals surface area contributed by atoms with Crippen molar-refractivity contribution >= 4 is 23.2 Å². The molecule has 100 valence electrons. The number of carbonyl (C=O) groups is 2. The summed E-state index contributed by atoms with van der Waals surface area (Å²) in [7, 11) is 0. The highest BCUT2D eigenvalue weighted by atomic mass is 16.3. The predicted molar refractivity (Wildman–Crippen MR) is 71.0 cm³/mol. The summed E-state index contributed by atoms with van der Waals surface area (Å²) < 4.78 is 0. The molecular formula is C13H15N3O3. The number of hydrogen-bond donors (Lipinski definition) is 3. The molecule has 0 bridgehead atoms. The Labute approximate surface area is 110 Å². The van der Waals surface area contributed by atoms with E-state index in [1.807, 2.05) is 0 Å². The number of nitrogens with one attached hydrogen (secondary N) is 2. The molecule has 1 heterocycles. The quantitative estimate of drug-likeness (QED) is 0.747. The third kappa shape index (κ3) is 2.73. The molecule has 1 aromatic rings. The highest BCUT2D eigenvalue weighted by Gasteiger charge is 2.19. The topological polar surface area (TPSA) is 90.8 Å². The summed E-state index contributed by atoms with van der Waals surface area (Å²) in [6, 6.07) is 3.45. The second kappa shape index (κ2) is 5.09. The van der Waals surface area contributed by atoms with Crippen LogP contribution < -0.4 is 10.7 Å². The highest BCUT2D eigenvalue weighted by Crippen LogP contribution is 2.28. The number of amides is 2. The SMILES string of the molecule is Cc1ccc(NC(=O)C2=NNC(=O)CC2)c(C)c1O. The first-order chi connectivity index (χ1) is 8.99. The minimum atomic E-state index is -0.369. The van der Waals surface area contributed by atoms with Gasteiger partial charge in [0.1, 0.15) is 11.5 Å². The van der Waals surface area contributed by atoms with Crippen LogP contribution in [0, 0.1) is 13.8 Å². The van der Waals surface area contributed by atoms with Crippen molar-refractivity contribution in [2.24, 2.45) is 5.10 Å². The zero-order valence-electron chi connectivity index (χ0n) is 10.8. The second-order valence-electron chi connectivity index (χ2n) is 4.45. The molecule has 0 unspecified atom stereocenters. The lowest BCUT2D eigenvalue weighted by Gasteiger charge is -2.14. The van der Waals surface area contributed by atoms with Crippen LogP contribution in [-0.4, -0.2) is 22.6 Å². The number of hydrazone groups is 1. The summed E-state index contributed by atoms with van der Waals surface area (Å²) in [6.07, 6.45) is 0.568. The molecule has 0 radical (unpaired) electrons. The van der Waals surface area contributed by atoms with Gasteiger partial charge in [-0.25, -0.2) is 5.43 Å². The number of carbonyl (C=O) groups excluding carboxylic acids is 2. The van der Waals surface area contributed by atoms with Gasteiger partial charge < -0.3 is 10.4 Å². The first-order valence-corrected chi connectivity index (χ1v) is 5.95. The van der Waals surface area contributed by atoms with Crippen LogP contribution in [0.15, 0.2) is 17.2 Å². The van der Waals surface area contributed by atoms with Gasteiger partial charge in [0.05, 0.1) is 0 Å². The van der Waals surface area contributed by atoms with Crippen molar-refractivity contribution in [3.8, 4) is 5.75 Å². The zero-order chi connectivity index (χ0) is 14.0. The van der Waals surface area contributed by atoms with Crippen molar-refractivity contribution in [1.82, 2.24) is 5.43 Å². The monoisotopic (exact) mass is 261 g/mol. The number of hydrogen-bond acceptors (Lipinski definition) is 4. The van der Waals surface area contributed by atoms with Gasteiger partial charge in [-0.05, 0) is 25.5 Å². The number of nitrogens with zero attached hydrogens (tertiary/aromatic N) is 1. The number of rotatable bonds is 2. The summed E-state index contributed by atoms with van der Waals surface area (Å²) >= 11 is 0. The maximum absolute atomic E-state index is 11.9. The van der Waals surface area contributed by atoms with Gasteiger partial charge in [0.15, 0.2) is 0 Å². The fourth-order valence-electron chi connectivity index (χ4n) is 1.80.